The van der Waals surface area contributed by atoms with Crippen molar-refractivity contribution in [1.29, 1.82) is 0 Å². The Bertz CT molecular complexity index is 553. The maximum atomic E-state index is 6.10. The molecule has 0 unspecified atom stereocenters. The Morgan fingerprint density at radius 1 is 1.11 bits per heavy atom. The lowest BCUT2D eigenvalue weighted by Gasteiger charge is -2.10. The van der Waals surface area contributed by atoms with Crippen LogP contribution in [0.2, 0.25) is 10.0 Å². The van der Waals surface area contributed by atoms with Gasteiger partial charge in [-0.3, -0.25) is 0 Å². The van der Waals surface area contributed by atoms with Gasteiger partial charge >= 0.3 is 0 Å². The van der Waals surface area contributed by atoms with Gasteiger partial charge in [0, 0.05) is 11.6 Å². The van der Waals surface area contributed by atoms with E-state index in [2.05, 4.69) is 0 Å². The minimum atomic E-state index is 0.0245. The molecule has 2 N–H and O–H groups in total. The first kappa shape index (κ1) is 14.2. The largest absolute Gasteiger partial charge is 0.489 e. The van der Waals surface area contributed by atoms with Crippen molar-refractivity contribution in [2.45, 2.75) is 19.6 Å². The number of ether oxygens (including phenoxy) is 1. The molecule has 100 valence electrons. The highest BCUT2D eigenvalue weighted by Gasteiger charge is 2.05. The van der Waals surface area contributed by atoms with Gasteiger partial charge in [0.2, 0.25) is 0 Å². The molecule has 0 heterocycles. The molecule has 0 amide bonds. The van der Waals surface area contributed by atoms with Gasteiger partial charge in [-0.25, -0.2) is 0 Å². The van der Waals surface area contributed by atoms with Crippen molar-refractivity contribution in [3.8, 4) is 5.75 Å². The van der Waals surface area contributed by atoms with E-state index in [0.717, 1.165) is 16.9 Å². The van der Waals surface area contributed by atoms with Crippen LogP contribution >= 0.6 is 23.2 Å². The molecule has 0 aliphatic heterocycles. The third kappa shape index (κ3) is 3.63. The normalized spacial score (nSPS) is 12.2. The Kier molecular flexibility index (Phi) is 4.70. The van der Waals surface area contributed by atoms with Crippen LogP contribution in [0, 0.1) is 0 Å². The van der Waals surface area contributed by atoms with Crippen LogP contribution in [-0.2, 0) is 6.61 Å². The third-order valence-corrected chi connectivity index (χ3v) is 3.69. The molecule has 4 heteroatoms. The van der Waals surface area contributed by atoms with E-state index in [4.69, 9.17) is 33.7 Å². The molecule has 0 bridgehead atoms. The predicted molar refractivity (Wildman–Crippen MR) is 79.8 cm³/mol. The van der Waals surface area contributed by atoms with Crippen LogP contribution < -0.4 is 10.5 Å². The summed E-state index contributed by atoms with van der Waals surface area (Å²) in [5, 5.41) is 1.08. The fourth-order valence-corrected chi connectivity index (χ4v) is 2.06. The van der Waals surface area contributed by atoms with Gasteiger partial charge in [-0.15, -0.1) is 0 Å². The van der Waals surface area contributed by atoms with E-state index in [9.17, 15) is 0 Å². The Balaban J connectivity index is 2.04. The second-order valence-corrected chi connectivity index (χ2v) is 5.14. The molecule has 2 aromatic carbocycles. The summed E-state index contributed by atoms with van der Waals surface area (Å²) in [7, 11) is 0. The smallest absolute Gasteiger partial charge is 0.119 e. The Morgan fingerprint density at radius 2 is 1.79 bits per heavy atom. The maximum Gasteiger partial charge on any atom is 0.119 e. The fraction of sp³-hybridized carbons (Fsp3) is 0.200. The molecule has 2 rings (SSSR count). The molecule has 2 nitrogen and oxygen atoms in total. The molecule has 1 atom stereocenters. The number of nitrogens with two attached hydrogens (primary N) is 1. The third-order valence-electron chi connectivity index (χ3n) is 2.83. The molecular weight excluding hydrogens is 281 g/mol. The first-order valence-corrected chi connectivity index (χ1v) is 6.74. The van der Waals surface area contributed by atoms with Crippen molar-refractivity contribution in [2.75, 3.05) is 0 Å². The quantitative estimate of drug-likeness (QED) is 0.895. The van der Waals surface area contributed by atoms with E-state index in [-0.39, 0.29) is 6.04 Å². The monoisotopic (exact) mass is 295 g/mol. The van der Waals surface area contributed by atoms with Crippen LogP contribution in [0.3, 0.4) is 0 Å². The summed E-state index contributed by atoms with van der Waals surface area (Å²) in [5.74, 6) is 0.778. The lowest BCUT2D eigenvalue weighted by atomic mass is 10.1. The summed E-state index contributed by atoms with van der Waals surface area (Å²) in [5.41, 5.74) is 7.74. The summed E-state index contributed by atoms with van der Waals surface area (Å²) in [6.07, 6.45) is 0. The molecule has 0 aliphatic rings. The van der Waals surface area contributed by atoms with Gasteiger partial charge in [0.15, 0.2) is 0 Å². The van der Waals surface area contributed by atoms with E-state index in [1.165, 1.54) is 0 Å². The predicted octanol–water partition coefficient (Wildman–Crippen LogP) is 4.59. The second-order valence-electron chi connectivity index (χ2n) is 4.36. The summed E-state index contributed by atoms with van der Waals surface area (Å²) in [6.45, 7) is 2.33. The van der Waals surface area contributed by atoms with E-state index in [1.807, 2.05) is 43.3 Å². The molecule has 0 saturated heterocycles. The molecule has 0 saturated carbocycles. The van der Waals surface area contributed by atoms with Crippen molar-refractivity contribution in [3.05, 3.63) is 63.6 Å². The van der Waals surface area contributed by atoms with Crippen molar-refractivity contribution in [1.82, 2.24) is 0 Å². The van der Waals surface area contributed by atoms with E-state index in [1.54, 1.807) is 6.07 Å². The average Bonchev–Trinajstić information content (AvgIpc) is 2.41. The molecule has 0 spiro atoms. The Morgan fingerprint density at radius 3 is 2.42 bits per heavy atom. The fourth-order valence-electron chi connectivity index (χ4n) is 1.69. The average molecular weight is 296 g/mol. The first-order chi connectivity index (χ1) is 9.08. The SMILES string of the molecule is C[C@@H](N)c1ccc(OCc2cccc(Cl)c2Cl)cc1. The summed E-state index contributed by atoms with van der Waals surface area (Å²) in [4.78, 5) is 0. The molecule has 0 aliphatic carbocycles. The molecule has 0 radical (unpaired) electrons. The van der Waals surface area contributed by atoms with Gasteiger partial charge in [0.05, 0.1) is 10.0 Å². The highest BCUT2D eigenvalue weighted by molar-refractivity contribution is 6.42. The number of benzene rings is 2. The molecule has 19 heavy (non-hydrogen) atoms. The number of rotatable bonds is 4. The van der Waals surface area contributed by atoms with Crippen molar-refractivity contribution in [3.63, 3.8) is 0 Å². The Labute approximate surface area is 123 Å². The van der Waals surface area contributed by atoms with Crippen LogP contribution in [0.5, 0.6) is 5.75 Å². The van der Waals surface area contributed by atoms with E-state index >= 15 is 0 Å². The minimum absolute atomic E-state index is 0.0245. The maximum absolute atomic E-state index is 6.10. The lowest BCUT2D eigenvalue weighted by molar-refractivity contribution is 0.306. The first-order valence-electron chi connectivity index (χ1n) is 5.99. The summed E-state index contributed by atoms with van der Waals surface area (Å²) < 4.78 is 5.68. The van der Waals surface area contributed by atoms with Crippen LogP contribution in [0.25, 0.3) is 0 Å². The Hall–Kier alpha value is -1.22. The molecular formula is C15H15Cl2NO. The van der Waals surface area contributed by atoms with Crippen LogP contribution in [0.15, 0.2) is 42.5 Å². The van der Waals surface area contributed by atoms with Gasteiger partial charge in [-0.1, -0.05) is 47.5 Å². The standard InChI is InChI=1S/C15H15Cl2NO/c1-10(18)11-5-7-13(8-6-11)19-9-12-3-2-4-14(16)15(12)17/h2-8,10H,9,18H2,1H3/t10-/m1/s1. The van der Waals surface area contributed by atoms with Crippen LogP contribution in [0.4, 0.5) is 0 Å². The van der Waals surface area contributed by atoms with Crippen molar-refractivity contribution in [2.24, 2.45) is 5.73 Å². The van der Waals surface area contributed by atoms with Crippen LogP contribution in [0.1, 0.15) is 24.1 Å². The lowest BCUT2D eigenvalue weighted by Crippen LogP contribution is -2.04. The minimum Gasteiger partial charge on any atom is -0.489 e. The van der Waals surface area contributed by atoms with E-state index < -0.39 is 0 Å². The van der Waals surface area contributed by atoms with Crippen LogP contribution in [-0.4, -0.2) is 0 Å². The zero-order chi connectivity index (χ0) is 13.8. The molecule has 0 aromatic heterocycles. The number of hydrogen-bond acceptors (Lipinski definition) is 2. The van der Waals surface area contributed by atoms with Gasteiger partial charge < -0.3 is 10.5 Å². The highest BCUT2D eigenvalue weighted by Crippen LogP contribution is 2.26. The zero-order valence-electron chi connectivity index (χ0n) is 10.6. The van der Waals surface area contributed by atoms with Gasteiger partial charge in [-0.05, 0) is 30.7 Å². The topological polar surface area (TPSA) is 35.2 Å². The van der Waals surface area contributed by atoms with Crippen molar-refractivity contribution >= 4 is 23.2 Å². The van der Waals surface area contributed by atoms with Gasteiger partial charge in [-0.2, -0.15) is 0 Å². The second kappa shape index (κ2) is 6.29. The van der Waals surface area contributed by atoms with E-state index in [0.29, 0.717) is 16.7 Å². The summed E-state index contributed by atoms with van der Waals surface area (Å²) >= 11 is 12.0. The molecule has 0 fully saturated rings. The zero-order valence-corrected chi connectivity index (χ0v) is 12.1. The van der Waals surface area contributed by atoms with Crippen molar-refractivity contribution < 1.29 is 4.74 Å². The molecule has 2 aromatic rings. The van der Waals surface area contributed by atoms with Gasteiger partial charge in [0.1, 0.15) is 12.4 Å². The summed E-state index contributed by atoms with van der Waals surface area (Å²) in [6, 6.07) is 13.2. The number of halogens is 2. The number of hydrogen-bond donors (Lipinski definition) is 1. The van der Waals surface area contributed by atoms with Gasteiger partial charge in [0.25, 0.3) is 0 Å². The highest BCUT2D eigenvalue weighted by atomic mass is 35.5.